The molecule has 170 valence electrons. The third-order valence-corrected chi connectivity index (χ3v) is 9.38. The molecule has 1 N–H and O–H groups in total. The summed E-state index contributed by atoms with van der Waals surface area (Å²) in [5, 5.41) is 10.9. The van der Waals surface area contributed by atoms with Gasteiger partial charge in [0.15, 0.2) is 5.78 Å². The predicted octanol–water partition coefficient (Wildman–Crippen LogP) is 5.31. The molecular weight excluding hydrogens is 398 g/mol. The number of fused-ring (bicyclic) bond motifs is 2. The topological polar surface area (TPSA) is 57.6 Å². The van der Waals surface area contributed by atoms with E-state index >= 15 is 0 Å². The largest absolute Gasteiger partial charge is 0.507 e. The molecule has 6 aliphatic rings. The molecule has 0 unspecified atom stereocenters. The summed E-state index contributed by atoms with van der Waals surface area (Å²) in [6.45, 7) is 14.4. The number of rotatable bonds is 2. The lowest BCUT2D eigenvalue weighted by Gasteiger charge is -2.52. The second kappa shape index (κ2) is 6.82. The smallest absolute Gasteiger partial charge is 0.261 e. The zero-order valence-electron chi connectivity index (χ0n) is 20.1. The number of hydrogen-bond donors (Lipinski definition) is 1. The minimum absolute atomic E-state index is 0.0253. The van der Waals surface area contributed by atoms with Gasteiger partial charge in [-0.3, -0.25) is 9.59 Å². The quantitative estimate of drug-likeness (QED) is 0.278. The number of allylic oxidation sites excluding steroid dienone is 8. The van der Waals surface area contributed by atoms with E-state index in [9.17, 15) is 14.7 Å². The number of nitrogens with zero attached hydrogens (tertiary/aromatic N) is 1. The van der Waals surface area contributed by atoms with Gasteiger partial charge in [0, 0.05) is 12.0 Å². The molecule has 0 radical (unpaired) electrons. The normalized spacial score (nSPS) is 46.1. The van der Waals surface area contributed by atoms with E-state index in [1.807, 2.05) is 0 Å². The van der Waals surface area contributed by atoms with Crippen molar-refractivity contribution in [3.05, 3.63) is 58.4 Å². The van der Waals surface area contributed by atoms with Crippen molar-refractivity contribution in [3.8, 4) is 0 Å². The van der Waals surface area contributed by atoms with Crippen LogP contribution in [0.3, 0.4) is 0 Å². The highest BCUT2D eigenvalue weighted by Crippen LogP contribution is 2.64. The molecule has 2 heterocycles. The number of carbonyl (C=O) groups is 2. The van der Waals surface area contributed by atoms with Gasteiger partial charge in [0.1, 0.15) is 11.3 Å². The molecule has 2 aliphatic heterocycles. The average molecular weight is 434 g/mol. The Bertz CT molecular complexity index is 1050. The molecule has 1 amide bonds. The maximum atomic E-state index is 12.8. The Balaban J connectivity index is 1.59. The minimum atomic E-state index is -0.374. The average Bonchev–Trinajstić information content (AvgIpc) is 3.35. The molecule has 0 saturated carbocycles. The van der Waals surface area contributed by atoms with E-state index in [1.165, 1.54) is 16.7 Å². The van der Waals surface area contributed by atoms with E-state index in [1.54, 1.807) is 11.0 Å². The summed E-state index contributed by atoms with van der Waals surface area (Å²) in [6.07, 6.45) is 12.6. The lowest BCUT2D eigenvalue weighted by Crippen LogP contribution is -2.45. The van der Waals surface area contributed by atoms with Gasteiger partial charge < -0.3 is 10.0 Å². The SMILES string of the molecule is CC1=C[C@@]2(C)[C@@H](C)/C(C)=C\[C@]3(C)C=C(C)[C@H]2[C@H]1[C@H]3/C=C/C(O)=C1/C(=O)[C@@H]2CCCN2C1=O. The first kappa shape index (κ1) is 21.5. The van der Waals surface area contributed by atoms with E-state index in [-0.39, 0.29) is 45.8 Å². The van der Waals surface area contributed by atoms with Crippen LogP contribution in [0.15, 0.2) is 58.4 Å². The van der Waals surface area contributed by atoms with Crippen LogP contribution in [0, 0.1) is 34.5 Å². The summed E-state index contributed by atoms with van der Waals surface area (Å²) in [4.78, 5) is 27.2. The predicted molar refractivity (Wildman–Crippen MR) is 126 cm³/mol. The van der Waals surface area contributed by atoms with Crippen molar-refractivity contribution in [2.24, 2.45) is 34.5 Å². The van der Waals surface area contributed by atoms with Crippen molar-refractivity contribution >= 4 is 11.7 Å². The molecule has 0 aromatic heterocycles. The lowest BCUT2D eigenvalue weighted by atomic mass is 9.51. The highest BCUT2D eigenvalue weighted by Gasteiger charge is 2.56. The summed E-state index contributed by atoms with van der Waals surface area (Å²) in [7, 11) is 0. The van der Waals surface area contributed by atoms with Crippen LogP contribution in [0.5, 0.6) is 0 Å². The molecule has 0 aromatic rings. The van der Waals surface area contributed by atoms with E-state index in [0.717, 1.165) is 6.42 Å². The Morgan fingerprint density at radius 3 is 2.47 bits per heavy atom. The van der Waals surface area contributed by atoms with Crippen LogP contribution < -0.4 is 0 Å². The highest BCUT2D eigenvalue weighted by molar-refractivity contribution is 6.27. The van der Waals surface area contributed by atoms with Gasteiger partial charge in [0.2, 0.25) is 0 Å². The summed E-state index contributed by atoms with van der Waals surface area (Å²) in [6, 6.07) is -0.374. The molecule has 0 aromatic carbocycles. The molecule has 2 fully saturated rings. The van der Waals surface area contributed by atoms with Gasteiger partial charge in [0.05, 0.1) is 6.04 Å². The van der Waals surface area contributed by atoms with Gasteiger partial charge in [0.25, 0.3) is 5.91 Å². The number of Topliss-reactive ketones (excluding diaryl/α,β-unsaturated/α-hetero) is 1. The fourth-order valence-corrected chi connectivity index (χ4v) is 7.83. The van der Waals surface area contributed by atoms with Crippen LogP contribution in [0.1, 0.15) is 54.4 Å². The summed E-state index contributed by atoms with van der Waals surface area (Å²) >= 11 is 0. The van der Waals surface area contributed by atoms with Crippen molar-refractivity contribution in [1.82, 2.24) is 4.90 Å². The molecule has 32 heavy (non-hydrogen) atoms. The van der Waals surface area contributed by atoms with E-state index in [4.69, 9.17) is 0 Å². The fourth-order valence-electron chi connectivity index (χ4n) is 7.83. The van der Waals surface area contributed by atoms with Gasteiger partial charge in [-0.1, -0.05) is 61.8 Å². The first-order valence-electron chi connectivity index (χ1n) is 12.0. The van der Waals surface area contributed by atoms with Crippen molar-refractivity contribution in [3.63, 3.8) is 0 Å². The molecule has 4 heteroatoms. The van der Waals surface area contributed by atoms with Crippen molar-refractivity contribution in [1.29, 1.82) is 0 Å². The number of aliphatic hydroxyl groups is 1. The number of aliphatic hydroxyl groups excluding tert-OH is 1. The molecule has 2 saturated heterocycles. The zero-order valence-corrected chi connectivity index (χ0v) is 20.1. The van der Waals surface area contributed by atoms with Crippen LogP contribution in [0.4, 0.5) is 0 Å². The maximum absolute atomic E-state index is 12.8. The van der Waals surface area contributed by atoms with Crippen LogP contribution in [-0.4, -0.2) is 34.3 Å². The van der Waals surface area contributed by atoms with Crippen LogP contribution in [0.2, 0.25) is 0 Å². The van der Waals surface area contributed by atoms with Gasteiger partial charge >= 0.3 is 0 Å². The van der Waals surface area contributed by atoms with Gasteiger partial charge in [-0.05, 0) is 68.8 Å². The first-order chi connectivity index (χ1) is 15.0. The first-order valence-corrected chi connectivity index (χ1v) is 12.0. The van der Waals surface area contributed by atoms with E-state index in [2.05, 4.69) is 65.8 Å². The second-order valence-corrected chi connectivity index (χ2v) is 11.3. The highest BCUT2D eigenvalue weighted by atomic mass is 16.3. The number of ketones is 1. The monoisotopic (exact) mass is 433 g/mol. The summed E-state index contributed by atoms with van der Waals surface area (Å²) < 4.78 is 0. The molecule has 6 rings (SSSR count). The van der Waals surface area contributed by atoms with Gasteiger partial charge in [-0.2, -0.15) is 0 Å². The Morgan fingerprint density at radius 2 is 1.78 bits per heavy atom. The van der Waals surface area contributed by atoms with Crippen molar-refractivity contribution in [2.75, 3.05) is 6.54 Å². The third kappa shape index (κ3) is 2.67. The third-order valence-electron chi connectivity index (χ3n) is 9.38. The Kier molecular flexibility index (Phi) is 4.58. The van der Waals surface area contributed by atoms with Crippen LogP contribution in [-0.2, 0) is 9.59 Å². The molecular formula is C28H35NO3. The van der Waals surface area contributed by atoms with Crippen LogP contribution >= 0.6 is 0 Å². The number of hydrogen-bond acceptors (Lipinski definition) is 3. The van der Waals surface area contributed by atoms with Gasteiger partial charge in [-0.25, -0.2) is 0 Å². The maximum Gasteiger partial charge on any atom is 0.261 e. The Labute approximate surface area is 191 Å². The van der Waals surface area contributed by atoms with Crippen molar-refractivity contribution < 1.29 is 14.7 Å². The second-order valence-electron chi connectivity index (χ2n) is 11.3. The molecule has 0 spiro atoms. The fraction of sp³-hybridized carbons (Fsp3) is 0.571. The van der Waals surface area contributed by atoms with Crippen LogP contribution in [0.25, 0.3) is 0 Å². The lowest BCUT2D eigenvalue weighted by molar-refractivity contribution is -0.125. The molecule has 4 aliphatic carbocycles. The Morgan fingerprint density at radius 1 is 1.09 bits per heavy atom. The van der Waals surface area contributed by atoms with E-state index < -0.39 is 0 Å². The van der Waals surface area contributed by atoms with Gasteiger partial charge in [-0.15, -0.1) is 0 Å². The standard InChI is InChI=1S/C28H35NO3/c1-15-12-27(5)13-17(3)24-22(16(2)14-28(24,6)18(15)4)19(27)9-10-21(30)23-25(31)20-8-7-11-29(20)26(23)32/h9-10,12-14,18-20,22,24,30H,7-8,11H2,1-6H3/b10-9+,15-12-,23-21+/t18-,19+,20-,22+,24-,27+,28-/m0/s1. The van der Waals surface area contributed by atoms with Crippen molar-refractivity contribution in [2.45, 2.75) is 60.4 Å². The molecule has 7 atom stereocenters. The Hall–Kier alpha value is -2.36. The molecule has 4 nitrogen and oxygen atoms in total. The number of amides is 1. The number of carbonyl (C=O) groups excluding carboxylic acids is 2. The zero-order chi connectivity index (χ0) is 23.2. The molecule has 4 bridgehead atoms. The minimum Gasteiger partial charge on any atom is -0.507 e. The summed E-state index contributed by atoms with van der Waals surface area (Å²) in [5.41, 5.74) is 4.10. The van der Waals surface area contributed by atoms with E-state index in [0.29, 0.717) is 30.7 Å². The summed E-state index contributed by atoms with van der Waals surface area (Å²) in [5.74, 6) is 0.657.